The van der Waals surface area contributed by atoms with Gasteiger partial charge in [-0.2, -0.15) is 0 Å². The van der Waals surface area contributed by atoms with Gasteiger partial charge in [0.1, 0.15) is 5.75 Å². The summed E-state index contributed by atoms with van der Waals surface area (Å²) >= 11 is 0. The van der Waals surface area contributed by atoms with Gasteiger partial charge in [0.25, 0.3) is 0 Å². The van der Waals surface area contributed by atoms with E-state index in [1.54, 1.807) is 7.05 Å². The summed E-state index contributed by atoms with van der Waals surface area (Å²) in [5, 5.41) is 9.12. The number of benzene rings is 2. The minimum Gasteiger partial charge on any atom is -0.494 e. The molecule has 6 heteroatoms. The van der Waals surface area contributed by atoms with Crippen LogP contribution in [0.15, 0.2) is 53.5 Å². The smallest absolute Gasteiger partial charge is 0.239 e. The van der Waals surface area contributed by atoms with Crippen molar-refractivity contribution in [1.82, 2.24) is 16.0 Å². The Labute approximate surface area is 161 Å². The normalized spacial score (nSPS) is 11.0. The number of hydrogen-bond acceptors (Lipinski definition) is 3. The van der Waals surface area contributed by atoms with Crippen LogP contribution in [0.1, 0.15) is 23.6 Å². The Morgan fingerprint density at radius 2 is 1.81 bits per heavy atom. The van der Waals surface area contributed by atoms with Gasteiger partial charge in [0.15, 0.2) is 5.96 Å². The highest BCUT2D eigenvalue weighted by molar-refractivity contribution is 5.86. The van der Waals surface area contributed by atoms with Crippen LogP contribution in [0.3, 0.4) is 0 Å². The molecule has 0 aliphatic rings. The molecule has 0 fully saturated rings. The zero-order valence-electron chi connectivity index (χ0n) is 16.2. The predicted molar refractivity (Wildman–Crippen MR) is 109 cm³/mol. The SMILES string of the molecule is CCOc1cc(C)ccc1CNC(=NC)NCC(=O)NCc1ccccc1. The maximum atomic E-state index is 12.0. The molecule has 0 aromatic heterocycles. The van der Waals surface area contributed by atoms with Gasteiger partial charge < -0.3 is 20.7 Å². The number of hydrogen-bond donors (Lipinski definition) is 3. The highest BCUT2D eigenvalue weighted by Gasteiger charge is 2.07. The van der Waals surface area contributed by atoms with Crippen LogP contribution in [0.2, 0.25) is 0 Å². The van der Waals surface area contributed by atoms with Crippen LogP contribution < -0.4 is 20.7 Å². The monoisotopic (exact) mass is 368 g/mol. The van der Waals surface area contributed by atoms with E-state index < -0.39 is 0 Å². The average molecular weight is 368 g/mol. The van der Waals surface area contributed by atoms with E-state index in [2.05, 4.69) is 20.9 Å². The van der Waals surface area contributed by atoms with E-state index in [9.17, 15) is 4.79 Å². The molecule has 2 aromatic carbocycles. The molecule has 27 heavy (non-hydrogen) atoms. The van der Waals surface area contributed by atoms with E-state index in [0.717, 1.165) is 22.4 Å². The third-order valence-electron chi connectivity index (χ3n) is 3.94. The third-order valence-corrected chi connectivity index (χ3v) is 3.94. The molecule has 0 heterocycles. The summed E-state index contributed by atoms with van der Waals surface area (Å²) in [6, 6.07) is 15.9. The number of amides is 1. The zero-order valence-corrected chi connectivity index (χ0v) is 16.2. The lowest BCUT2D eigenvalue weighted by Gasteiger charge is -2.15. The summed E-state index contributed by atoms with van der Waals surface area (Å²) in [6.45, 7) is 5.83. The molecule has 0 aliphatic carbocycles. The molecule has 3 N–H and O–H groups in total. The summed E-state index contributed by atoms with van der Waals surface area (Å²) < 4.78 is 5.69. The van der Waals surface area contributed by atoms with Crippen molar-refractivity contribution in [2.75, 3.05) is 20.2 Å². The lowest BCUT2D eigenvalue weighted by atomic mass is 10.1. The van der Waals surface area contributed by atoms with Crippen LogP contribution in [-0.4, -0.2) is 32.1 Å². The molecule has 2 rings (SSSR count). The Hall–Kier alpha value is -3.02. The number of guanidine groups is 1. The molecule has 144 valence electrons. The molecule has 0 radical (unpaired) electrons. The molecule has 2 aromatic rings. The van der Waals surface area contributed by atoms with Crippen LogP contribution in [0, 0.1) is 6.92 Å². The molecular formula is C21H28N4O2. The molecule has 0 bridgehead atoms. The first kappa shape index (κ1) is 20.3. The lowest BCUT2D eigenvalue weighted by molar-refractivity contribution is -0.120. The first-order valence-corrected chi connectivity index (χ1v) is 9.09. The van der Waals surface area contributed by atoms with Gasteiger partial charge in [-0.1, -0.05) is 42.5 Å². The Morgan fingerprint density at radius 1 is 1.04 bits per heavy atom. The molecule has 6 nitrogen and oxygen atoms in total. The maximum Gasteiger partial charge on any atom is 0.239 e. The summed E-state index contributed by atoms with van der Waals surface area (Å²) in [7, 11) is 1.68. The Morgan fingerprint density at radius 3 is 2.52 bits per heavy atom. The van der Waals surface area contributed by atoms with Crippen LogP contribution in [0.25, 0.3) is 0 Å². The van der Waals surface area contributed by atoms with E-state index >= 15 is 0 Å². The van der Waals surface area contributed by atoms with Crippen molar-refractivity contribution in [2.45, 2.75) is 26.9 Å². The fraction of sp³-hybridized carbons (Fsp3) is 0.333. The number of nitrogens with zero attached hydrogens (tertiary/aromatic N) is 1. The number of carbonyl (C=O) groups excluding carboxylic acids is 1. The maximum absolute atomic E-state index is 12.0. The third kappa shape index (κ3) is 7.01. The number of carbonyl (C=O) groups is 1. The van der Waals surface area contributed by atoms with E-state index in [4.69, 9.17) is 4.74 Å². The summed E-state index contributed by atoms with van der Waals surface area (Å²) in [6.07, 6.45) is 0. The predicted octanol–water partition coefficient (Wildman–Crippen LogP) is 2.38. The molecule has 1 amide bonds. The minimum atomic E-state index is -0.0906. The Bertz CT molecular complexity index is 760. The van der Waals surface area contributed by atoms with Gasteiger partial charge >= 0.3 is 0 Å². The number of aliphatic imine (C=N–C) groups is 1. The van der Waals surface area contributed by atoms with Crippen LogP contribution in [-0.2, 0) is 17.9 Å². The van der Waals surface area contributed by atoms with Crippen LogP contribution >= 0.6 is 0 Å². The van der Waals surface area contributed by atoms with Gasteiger partial charge in [0, 0.05) is 25.7 Å². The van der Waals surface area contributed by atoms with E-state index in [1.165, 1.54) is 0 Å². The van der Waals surface area contributed by atoms with Gasteiger partial charge in [-0.25, -0.2) is 0 Å². The topological polar surface area (TPSA) is 74.8 Å². The second-order valence-corrected chi connectivity index (χ2v) is 6.09. The molecular weight excluding hydrogens is 340 g/mol. The van der Waals surface area contributed by atoms with Crippen molar-refractivity contribution in [1.29, 1.82) is 0 Å². The van der Waals surface area contributed by atoms with Crippen molar-refractivity contribution in [3.05, 3.63) is 65.2 Å². The first-order valence-electron chi connectivity index (χ1n) is 9.09. The van der Waals surface area contributed by atoms with Crippen LogP contribution in [0.5, 0.6) is 5.75 Å². The zero-order chi connectivity index (χ0) is 19.5. The van der Waals surface area contributed by atoms with Gasteiger partial charge in [0.05, 0.1) is 13.2 Å². The van der Waals surface area contributed by atoms with Crippen LogP contribution in [0.4, 0.5) is 0 Å². The molecule has 0 spiro atoms. The van der Waals surface area contributed by atoms with Crippen molar-refractivity contribution >= 4 is 11.9 Å². The molecule has 0 aliphatic heterocycles. The minimum absolute atomic E-state index is 0.0906. The van der Waals surface area contributed by atoms with Crippen molar-refractivity contribution in [2.24, 2.45) is 4.99 Å². The van der Waals surface area contributed by atoms with E-state index in [-0.39, 0.29) is 12.5 Å². The second kappa shape index (κ2) is 10.9. The highest BCUT2D eigenvalue weighted by atomic mass is 16.5. The molecule has 0 atom stereocenters. The molecule has 0 saturated carbocycles. The number of aryl methyl sites for hydroxylation is 1. The Balaban J connectivity index is 1.79. The number of rotatable bonds is 8. The standard InChI is InChI=1S/C21H28N4O2/c1-4-27-19-12-16(2)10-11-18(19)14-24-21(22-3)25-15-20(26)23-13-17-8-6-5-7-9-17/h5-12H,4,13-15H2,1-3H3,(H,23,26)(H2,22,24,25). The van der Waals surface area contributed by atoms with Gasteiger partial charge in [0.2, 0.25) is 5.91 Å². The van der Waals surface area contributed by atoms with Crippen molar-refractivity contribution in [3.8, 4) is 5.75 Å². The fourth-order valence-corrected chi connectivity index (χ4v) is 2.52. The number of nitrogens with one attached hydrogen (secondary N) is 3. The lowest BCUT2D eigenvalue weighted by Crippen LogP contribution is -2.42. The largest absolute Gasteiger partial charge is 0.494 e. The molecule has 0 saturated heterocycles. The average Bonchev–Trinajstić information content (AvgIpc) is 2.69. The summed E-state index contributed by atoms with van der Waals surface area (Å²) in [4.78, 5) is 16.2. The first-order chi connectivity index (χ1) is 13.1. The summed E-state index contributed by atoms with van der Waals surface area (Å²) in [5.74, 6) is 1.33. The van der Waals surface area contributed by atoms with Crippen molar-refractivity contribution < 1.29 is 9.53 Å². The fourth-order valence-electron chi connectivity index (χ4n) is 2.52. The van der Waals surface area contributed by atoms with Gasteiger partial charge in [-0.3, -0.25) is 9.79 Å². The Kier molecular flexibility index (Phi) is 8.16. The van der Waals surface area contributed by atoms with E-state index in [1.807, 2.05) is 62.4 Å². The van der Waals surface area contributed by atoms with Crippen molar-refractivity contribution in [3.63, 3.8) is 0 Å². The number of ether oxygens (including phenoxy) is 1. The van der Waals surface area contributed by atoms with Gasteiger partial charge in [-0.15, -0.1) is 0 Å². The van der Waals surface area contributed by atoms with E-state index in [0.29, 0.717) is 25.7 Å². The quantitative estimate of drug-likeness (QED) is 0.494. The van der Waals surface area contributed by atoms with Gasteiger partial charge in [-0.05, 0) is 31.0 Å². The molecule has 0 unspecified atom stereocenters. The summed E-state index contributed by atoms with van der Waals surface area (Å²) in [5.41, 5.74) is 3.26. The highest BCUT2D eigenvalue weighted by Crippen LogP contribution is 2.20. The second-order valence-electron chi connectivity index (χ2n) is 6.09.